The molecule has 1 unspecified atom stereocenters. The quantitative estimate of drug-likeness (QED) is 0.337. The van der Waals surface area contributed by atoms with Crippen LogP contribution in [0.5, 0.6) is 0 Å². The number of carbonyl (C=O) groups is 2. The van der Waals surface area contributed by atoms with Gasteiger partial charge in [0.15, 0.2) is 0 Å². The third kappa shape index (κ3) is 4.68. The van der Waals surface area contributed by atoms with Crippen molar-refractivity contribution in [2.45, 2.75) is 12.3 Å². The van der Waals surface area contributed by atoms with Crippen molar-refractivity contribution in [3.8, 4) is 0 Å². The molecule has 0 radical (unpaired) electrons. The number of hydrogen-bond acceptors (Lipinski definition) is 4. The van der Waals surface area contributed by atoms with Crippen LogP contribution in [0.3, 0.4) is 0 Å². The smallest absolute Gasteiger partial charge is 0.338 e. The lowest BCUT2D eigenvalue weighted by Crippen LogP contribution is -2.27. The molecule has 3 aromatic carbocycles. The van der Waals surface area contributed by atoms with Crippen molar-refractivity contribution in [3.63, 3.8) is 0 Å². The first-order valence-corrected chi connectivity index (χ1v) is 11.1. The molecule has 1 aliphatic heterocycles. The first-order chi connectivity index (χ1) is 15.1. The molecule has 0 N–H and O–H groups in total. The zero-order valence-corrected chi connectivity index (χ0v) is 18.4. The van der Waals surface area contributed by atoms with Gasteiger partial charge in [0.05, 0.1) is 17.1 Å². The third-order valence-corrected chi connectivity index (χ3v) is 6.32. The van der Waals surface area contributed by atoms with Gasteiger partial charge >= 0.3 is 5.97 Å². The van der Waals surface area contributed by atoms with Crippen LogP contribution in [-0.4, -0.2) is 18.5 Å². The summed E-state index contributed by atoms with van der Waals surface area (Å²) in [5, 5.41) is 0.443. The van der Waals surface area contributed by atoms with E-state index in [1.165, 1.54) is 11.8 Å². The maximum atomic E-state index is 13.4. The molecular weight excluding hydrogens is 430 g/mol. The average molecular weight is 450 g/mol. The Bertz CT molecular complexity index is 1110. The Hall–Kier alpha value is -3.02. The number of nitrogens with zero attached hydrogens (tertiary/aromatic N) is 1. The molecule has 1 fully saturated rings. The predicted molar refractivity (Wildman–Crippen MR) is 126 cm³/mol. The Morgan fingerprint density at radius 3 is 2.35 bits per heavy atom. The van der Waals surface area contributed by atoms with Crippen molar-refractivity contribution in [1.29, 1.82) is 0 Å². The molecule has 156 valence electrons. The highest BCUT2D eigenvalue weighted by atomic mass is 35.5. The molecule has 1 amide bonds. The number of hydrogen-bond donors (Lipinski definition) is 0. The lowest BCUT2D eigenvalue weighted by molar-refractivity contribution is -0.114. The highest BCUT2D eigenvalue weighted by molar-refractivity contribution is 8.05. The van der Waals surface area contributed by atoms with Crippen molar-refractivity contribution < 1.29 is 14.3 Å². The molecule has 1 heterocycles. The monoisotopic (exact) mass is 449 g/mol. The molecule has 1 aliphatic rings. The molecule has 0 bridgehead atoms. The summed E-state index contributed by atoms with van der Waals surface area (Å²) in [6.07, 6.45) is 1.88. The van der Waals surface area contributed by atoms with E-state index in [4.69, 9.17) is 16.3 Å². The minimum absolute atomic E-state index is 0.0855. The van der Waals surface area contributed by atoms with E-state index in [2.05, 4.69) is 0 Å². The van der Waals surface area contributed by atoms with Crippen molar-refractivity contribution in [3.05, 3.63) is 105 Å². The van der Waals surface area contributed by atoms with Crippen molar-refractivity contribution in [1.82, 2.24) is 0 Å². The standard InChI is InChI=1S/C25H20ClNO3S/c1-2-30-25(29)19-10-14-21(15-11-19)27-23(28)22(16-17-8-12-20(26)13-9-17)31-24(27)18-6-4-3-5-7-18/h3-16,24H,2H2,1H3/b22-16-. The normalized spacial score (nSPS) is 17.2. The van der Waals surface area contributed by atoms with E-state index in [1.54, 1.807) is 48.2 Å². The van der Waals surface area contributed by atoms with Gasteiger partial charge in [-0.2, -0.15) is 0 Å². The largest absolute Gasteiger partial charge is 0.462 e. The van der Waals surface area contributed by atoms with Gasteiger partial charge in [-0.25, -0.2) is 4.79 Å². The Kier molecular flexibility index (Phi) is 6.44. The van der Waals surface area contributed by atoms with Crippen LogP contribution < -0.4 is 4.90 Å². The molecule has 1 atom stereocenters. The molecule has 4 rings (SSSR count). The number of halogens is 1. The molecule has 0 spiro atoms. The molecule has 0 saturated carbocycles. The minimum Gasteiger partial charge on any atom is -0.462 e. The second-order valence-electron chi connectivity index (χ2n) is 6.88. The van der Waals surface area contributed by atoms with Crippen LogP contribution in [-0.2, 0) is 9.53 Å². The zero-order chi connectivity index (χ0) is 21.8. The first kappa shape index (κ1) is 21.2. The molecule has 3 aromatic rings. The summed E-state index contributed by atoms with van der Waals surface area (Å²) >= 11 is 7.49. The van der Waals surface area contributed by atoms with Gasteiger partial charge in [0.1, 0.15) is 5.37 Å². The fourth-order valence-corrected chi connectivity index (χ4v) is 4.70. The maximum Gasteiger partial charge on any atom is 0.338 e. The van der Waals surface area contributed by atoms with E-state index >= 15 is 0 Å². The lowest BCUT2D eigenvalue weighted by atomic mass is 10.1. The first-order valence-electron chi connectivity index (χ1n) is 9.86. The number of benzene rings is 3. The Labute approximate surface area is 190 Å². The number of ether oxygens (including phenoxy) is 1. The average Bonchev–Trinajstić information content (AvgIpc) is 3.12. The van der Waals surface area contributed by atoms with Crippen LogP contribution in [0.15, 0.2) is 83.8 Å². The third-order valence-electron chi connectivity index (χ3n) is 4.81. The summed E-state index contributed by atoms with van der Waals surface area (Å²) in [7, 11) is 0. The van der Waals surface area contributed by atoms with Gasteiger partial charge in [-0.1, -0.05) is 65.8 Å². The SMILES string of the molecule is CCOC(=O)c1ccc(N2C(=O)/C(=C/c3ccc(Cl)cc3)SC2c2ccccc2)cc1. The zero-order valence-electron chi connectivity index (χ0n) is 16.8. The van der Waals surface area contributed by atoms with Gasteiger partial charge in [-0.05, 0) is 60.5 Å². The van der Waals surface area contributed by atoms with Crippen molar-refractivity contribution in [2.75, 3.05) is 11.5 Å². The fraction of sp³-hybridized carbons (Fsp3) is 0.120. The highest BCUT2D eigenvalue weighted by Crippen LogP contribution is 2.48. The van der Waals surface area contributed by atoms with Crippen LogP contribution in [0.4, 0.5) is 5.69 Å². The topological polar surface area (TPSA) is 46.6 Å². The molecular formula is C25H20ClNO3S. The predicted octanol–water partition coefficient (Wildman–Crippen LogP) is 6.34. The summed E-state index contributed by atoms with van der Waals surface area (Å²) in [6.45, 7) is 2.09. The number of rotatable bonds is 5. The number of anilines is 1. The summed E-state index contributed by atoms with van der Waals surface area (Å²) < 4.78 is 5.05. The highest BCUT2D eigenvalue weighted by Gasteiger charge is 2.38. The van der Waals surface area contributed by atoms with E-state index in [0.29, 0.717) is 22.1 Å². The second-order valence-corrected chi connectivity index (χ2v) is 8.44. The summed E-state index contributed by atoms with van der Waals surface area (Å²) in [5.74, 6) is -0.461. The number of esters is 1. The Balaban J connectivity index is 1.70. The van der Waals surface area contributed by atoms with Crippen molar-refractivity contribution in [2.24, 2.45) is 0 Å². The number of amides is 1. The van der Waals surface area contributed by atoms with Crippen LogP contribution in [0.2, 0.25) is 5.02 Å². The summed E-state index contributed by atoms with van der Waals surface area (Å²) in [6, 6.07) is 24.2. The molecule has 0 aromatic heterocycles. The lowest BCUT2D eigenvalue weighted by Gasteiger charge is -2.24. The molecule has 0 aliphatic carbocycles. The Morgan fingerprint density at radius 1 is 1.03 bits per heavy atom. The van der Waals surface area contributed by atoms with Gasteiger partial charge < -0.3 is 4.74 Å². The van der Waals surface area contributed by atoms with Crippen molar-refractivity contribution >= 4 is 47.0 Å². The second kappa shape index (κ2) is 9.41. The van der Waals surface area contributed by atoms with E-state index in [1.807, 2.05) is 48.5 Å². The van der Waals surface area contributed by atoms with Crippen LogP contribution in [0, 0.1) is 0 Å². The number of carbonyl (C=O) groups excluding carboxylic acids is 2. The molecule has 31 heavy (non-hydrogen) atoms. The van der Waals surface area contributed by atoms with Gasteiger partial charge in [0.25, 0.3) is 5.91 Å². The van der Waals surface area contributed by atoms with Gasteiger partial charge in [0, 0.05) is 10.7 Å². The van der Waals surface area contributed by atoms with E-state index < -0.39 is 0 Å². The molecule has 4 nitrogen and oxygen atoms in total. The maximum absolute atomic E-state index is 13.4. The van der Waals surface area contributed by atoms with Gasteiger partial charge in [0.2, 0.25) is 0 Å². The van der Waals surface area contributed by atoms with Crippen LogP contribution >= 0.6 is 23.4 Å². The Morgan fingerprint density at radius 2 is 1.71 bits per heavy atom. The van der Waals surface area contributed by atoms with E-state index in [9.17, 15) is 9.59 Å². The van der Waals surface area contributed by atoms with E-state index in [0.717, 1.165) is 16.8 Å². The molecule has 1 saturated heterocycles. The fourth-order valence-electron chi connectivity index (χ4n) is 3.31. The van der Waals surface area contributed by atoms with E-state index in [-0.39, 0.29) is 17.3 Å². The minimum atomic E-state index is -0.376. The molecule has 6 heteroatoms. The van der Waals surface area contributed by atoms with Gasteiger partial charge in [-0.3, -0.25) is 9.69 Å². The van der Waals surface area contributed by atoms with Gasteiger partial charge in [-0.15, -0.1) is 0 Å². The number of thioether (sulfide) groups is 1. The van der Waals surface area contributed by atoms with Crippen LogP contribution in [0.25, 0.3) is 6.08 Å². The summed E-state index contributed by atoms with van der Waals surface area (Å²) in [5.41, 5.74) is 3.11. The van der Waals surface area contributed by atoms with Crippen LogP contribution in [0.1, 0.15) is 33.8 Å². The summed E-state index contributed by atoms with van der Waals surface area (Å²) in [4.78, 5) is 27.8.